The molecule has 0 aliphatic carbocycles. The molecule has 0 bridgehead atoms. The van der Waals surface area contributed by atoms with Gasteiger partial charge in [0.25, 0.3) is 0 Å². The molecule has 0 fully saturated rings. The summed E-state index contributed by atoms with van der Waals surface area (Å²) in [7, 11) is 1.41. The number of ketones is 1. The Morgan fingerprint density at radius 2 is 1.64 bits per heavy atom. The van der Waals surface area contributed by atoms with E-state index in [9.17, 15) is 9.59 Å². The summed E-state index contributed by atoms with van der Waals surface area (Å²) in [5.41, 5.74) is 3.81. The molecule has 0 aliphatic heterocycles. The highest BCUT2D eigenvalue weighted by atomic mass is 35.5. The molecule has 1 aromatic heterocycles. The largest absolute Gasteiger partial charge is 0.469 e. The van der Waals surface area contributed by atoms with Crippen LogP contribution in [0.4, 0.5) is 0 Å². The lowest BCUT2D eigenvalue weighted by Crippen LogP contribution is -2.30. The van der Waals surface area contributed by atoms with E-state index in [1.54, 1.807) is 0 Å². The fraction of sp³-hybridized carbons (Fsp3) is 0.429. The first-order chi connectivity index (χ1) is 15.3. The van der Waals surface area contributed by atoms with Crippen LogP contribution in [0.25, 0.3) is 10.9 Å². The molecule has 0 saturated carbocycles. The lowest BCUT2D eigenvalue weighted by atomic mass is 9.83. The number of esters is 1. The number of hydrogen-bond acceptors (Lipinski definition) is 3. The molecule has 33 heavy (non-hydrogen) atoms. The van der Waals surface area contributed by atoms with Crippen molar-refractivity contribution < 1.29 is 14.3 Å². The van der Waals surface area contributed by atoms with Crippen LogP contribution >= 0.6 is 11.6 Å². The van der Waals surface area contributed by atoms with Crippen LogP contribution in [0, 0.1) is 17.8 Å². The van der Waals surface area contributed by atoms with Crippen LogP contribution in [0.15, 0.2) is 42.5 Å². The summed E-state index contributed by atoms with van der Waals surface area (Å²) < 4.78 is 7.26. The van der Waals surface area contributed by atoms with Crippen LogP contribution in [0.1, 0.15) is 68.2 Å². The minimum absolute atomic E-state index is 0.101. The Hall–Kier alpha value is -2.59. The Kier molecular flexibility index (Phi) is 7.09. The number of rotatable bonds is 7. The zero-order valence-corrected chi connectivity index (χ0v) is 21.5. The number of aromatic nitrogens is 1. The first kappa shape index (κ1) is 25.0. The van der Waals surface area contributed by atoms with E-state index in [0.717, 1.165) is 33.3 Å². The van der Waals surface area contributed by atoms with E-state index in [1.807, 2.05) is 45.0 Å². The number of ether oxygens (including phenoxy) is 1. The molecule has 0 atom stereocenters. The van der Waals surface area contributed by atoms with Crippen LogP contribution in [0.2, 0.25) is 5.02 Å². The van der Waals surface area contributed by atoms with Gasteiger partial charge in [-0.25, -0.2) is 0 Å². The molecule has 3 aromatic rings. The molecule has 3 rings (SSSR count). The quantitative estimate of drug-likeness (QED) is 0.277. The Bertz CT molecular complexity index is 1180. The minimum atomic E-state index is -0.785. The van der Waals surface area contributed by atoms with Gasteiger partial charge in [-0.1, -0.05) is 56.1 Å². The van der Waals surface area contributed by atoms with Crippen LogP contribution in [-0.4, -0.2) is 23.4 Å². The molecule has 2 aromatic carbocycles. The van der Waals surface area contributed by atoms with Gasteiger partial charge >= 0.3 is 5.97 Å². The maximum absolute atomic E-state index is 13.7. The monoisotopic (exact) mass is 467 g/mol. The summed E-state index contributed by atoms with van der Waals surface area (Å²) in [6.07, 6.45) is 0.818. The van der Waals surface area contributed by atoms with Crippen molar-refractivity contribution in [1.82, 2.24) is 4.57 Å². The summed E-state index contributed by atoms with van der Waals surface area (Å²) in [5, 5.41) is 1.62. The Morgan fingerprint density at radius 3 is 2.21 bits per heavy atom. The van der Waals surface area contributed by atoms with Gasteiger partial charge in [-0.3, -0.25) is 9.59 Å². The number of Topliss-reactive ketones (excluding diaryl/α,β-unsaturated/α-hetero) is 1. The molecule has 4 nitrogen and oxygen atoms in total. The number of benzene rings is 2. The van der Waals surface area contributed by atoms with E-state index in [2.05, 4.69) is 43.5 Å². The highest BCUT2D eigenvalue weighted by molar-refractivity contribution is 6.30. The van der Waals surface area contributed by atoms with Crippen molar-refractivity contribution >= 4 is 34.3 Å². The normalized spacial score (nSPS) is 12.2. The number of aryl methyl sites for hydroxylation is 1. The number of methoxy groups -OCH3 is 1. The van der Waals surface area contributed by atoms with Gasteiger partial charge in [0.05, 0.1) is 12.5 Å². The minimum Gasteiger partial charge on any atom is -0.469 e. The Morgan fingerprint density at radius 1 is 1.00 bits per heavy atom. The zero-order valence-electron chi connectivity index (χ0n) is 20.7. The second kappa shape index (κ2) is 9.34. The number of hydrogen-bond donors (Lipinski definition) is 0. The van der Waals surface area contributed by atoms with Crippen molar-refractivity contribution in [2.24, 2.45) is 10.8 Å². The molecule has 1 heterocycles. The highest BCUT2D eigenvalue weighted by Gasteiger charge is 2.34. The summed E-state index contributed by atoms with van der Waals surface area (Å²) >= 11 is 6.10. The third-order valence-corrected chi connectivity index (χ3v) is 6.15. The summed E-state index contributed by atoms with van der Waals surface area (Å²) in [5.74, 6) is -0.195. The molecule has 0 spiro atoms. The van der Waals surface area contributed by atoms with E-state index in [-0.39, 0.29) is 17.2 Å². The standard InChI is InChI=1S/C28H34ClNO3/c1-18-8-13-22-21(14-18)25(24(31)16-27(2,3)4)23(15-28(5,6)26(32)33-7)30(22)17-19-9-11-20(29)12-10-19/h8-14H,15-17H2,1-7H3. The van der Waals surface area contributed by atoms with E-state index in [1.165, 1.54) is 7.11 Å². The van der Waals surface area contributed by atoms with Crippen molar-refractivity contribution in [2.45, 2.75) is 60.9 Å². The average Bonchev–Trinajstić information content (AvgIpc) is 2.99. The van der Waals surface area contributed by atoms with E-state index in [0.29, 0.717) is 24.4 Å². The summed E-state index contributed by atoms with van der Waals surface area (Å²) in [6, 6.07) is 13.9. The van der Waals surface area contributed by atoms with Gasteiger partial charge in [-0.15, -0.1) is 0 Å². The third kappa shape index (κ3) is 5.67. The second-order valence-electron chi connectivity index (χ2n) is 10.8. The summed E-state index contributed by atoms with van der Waals surface area (Å²) in [4.78, 5) is 26.3. The Balaban J connectivity index is 2.28. The smallest absolute Gasteiger partial charge is 0.311 e. The molecule has 0 N–H and O–H groups in total. The van der Waals surface area contributed by atoms with Crippen LogP contribution in [-0.2, 0) is 22.5 Å². The number of fused-ring (bicyclic) bond motifs is 1. The fourth-order valence-corrected chi connectivity index (χ4v) is 4.43. The van der Waals surface area contributed by atoms with E-state index < -0.39 is 5.41 Å². The van der Waals surface area contributed by atoms with Crippen LogP contribution in [0.3, 0.4) is 0 Å². The van der Waals surface area contributed by atoms with Gasteiger partial charge in [0.1, 0.15) is 0 Å². The van der Waals surface area contributed by atoms with Gasteiger partial charge in [0.15, 0.2) is 5.78 Å². The number of carbonyl (C=O) groups excluding carboxylic acids is 2. The zero-order chi connectivity index (χ0) is 24.6. The lowest BCUT2D eigenvalue weighted by Gasteiger charge is -2.24. The predicted molar refractivity (Wildman–Crippen MR) is 135 cm³/mol. The van der Waals surface area contributed by atoms with Crippen molar-refractivity contribution in [3.8, 4) is 0 Å². The Labute approximate surface area is 201 Å². The topological polar surface area (TPSA) is 48.3 Å². The van der Waals surface area contributed by atoms with Crippen LogP contribution < -0.4 is 0 Å². The maximum atomic E-state index is 13.7. The average molecular weight is 468 g/mol. The van der Waals surface area contributed by atoms with Gasteiger partial charge in [0.2, 0.25) is 0 Å². The first-order valence-electron chi connectivity index (χ1n) is 11.3. The van der Waals surface area contributed by atoms with Gasteiger partial charge in [-0.05, 0) is 56.0 Å². The van der Waals surface area contributed by atoms with Gasteiger partial charge < -0.3 is 9.30 Å². The lowest BCUT2D eigenvalue weighted by molar-refractivity contribution is -0.150. The molecular weight excluding hydrogens is 434 g/mol. The first-order valence-corrected chi connectivity index (χ1v) is 11.7. The SMILES string of the molecule is COC(=O)C(C)(C)Cc1c(C(=O)CC(C)(C)C)c2cc(C)ccc2n1Cc1ccc(Cl)cc1. The molecule has 176 valence electrons. The van der Waals surface area contributed by atoms with Crippen LogP contribution in [0.5, 0.6) is 0 Å². The number of carbonyl (C=O) groups is 2. The molecule has 0 saturated heterocycles. The molecule has 0 aliphatic rings. The third-order valence-electron chi connectivity index (χ3n) is 5.90. The number of halogens is 1. The highest BCUT2D eigenvalue weighted by Crippen LogP contribution is 2.36. The summed E-state index contributed by atoms with van der Waals surface area (Å²) in [6.45, 7) is 12.6. The van der Waals surface area contributed by atoms with Crippen molar-refractivity contribution in [2.75, 3.05) is 7.11 Å². The van der Waals surface area contributed by atoms with Gasteiger partial charge in [-0.2, -0.15) is 0 Å². The van der Waals surface area contributed by atoms with E-state index >= 15 is 0 Å². The number of nitrogens with zero attached hydrogens (tertiary/aromatic N) is 1. The molecule has 0 unspecified atom stereocenters. The fourth-order valence-electron chi connectivity index (χ4n) is 4.31. The molecule has 5 heteroatoms. The van der Waals surface area contributed by atoms with Crippen molar-refractivity contribution in [3.05, 3.63) is 69.9 Å². The van der Waals surface area contributed by atoms with E-state index in [4.69, 9.17) is 16.3 Å². The molecular formula is C28H34ClNO3. The van der Waals surface area contributed by atoms with Crippen molar-refractivity contribution in [3.63, 3.8) is 0 Å². The second-order valence-corrected chi connectivity index (χ2v) is 11.2. The molecule has 0 radical (unpaired) electrons. The predicted octanol–water partition coefficient (Wildman–Crippen LogP) is 7.01. The van der Waals surface area contributed by atoms with Crippen molar-refractivity contribution in [1.29, 1.82) is 0 Å². The maximum Gasteiger partial charge on any atom is 0.311 e. The molecule has 0 amide bonds. The van der Waals surface area contributed by atoms with Gasteiger partial charge in [0, 0.05) is 46.6 Å².